The topological polar surface area (TPSA) is 17.1 Å². The molecule has 0 aliphatic rings. The van der Waals surface area contributed by atoms with E-state index in [4.69, 9.17) is 0 Å². The van der Waals surface area contributed by atoms with Crippen LogP contribution in [0.5, 0.6) is 0 Å². The van der Waals surface area contributed by atoms with E-state index in [2.05, 4.69) is 20.8 Å². The van der Waals surface area contributed by atoms with Crippen LogP contribution in [0, 0.1) is 13.8 Å². The summed E-state index contributed by atoms with van der Waals surface area (Å²) in [6, 6.07) is 5.95. The number of hydrogen-bond acceptors (Lipinski definition) is 2. The Morgan fingerprint density at radius 2 is 2.00 bits per heavy atom. The maximum Gasteiger partial charge on any atom is 0.172 e. The Labute approximate surface area is 103 Å². The number of Topliss-reactive ketones (excluding diaryl/α,β-unsaturated/α-hetero) is 1. The smallest absolute Gasteiger partial charge is 0.172 e. The van der Waals surface area contributed by atoms with Gasteiger partial charge in [0.25, 0.3) is 0 Å². The highest BCUT2D eigenvalue weighted by atomic mass is 32.2. The second-order valence-corrected chi connectivity index (χ2v) is 5.68. The minimum absolute atomic E-state index is 0.244. The first-order valence-corrected chi connectivity index (χ1v) is 6.81. The molecule has 2 heteroatoms. The van der Waals surface area contributed by atoms with Gasteiger partial charge in [0.2, 0.25) is 0 Å². The average Bonchev–Trinajstić information content (AvgIpc) is 2.29. The Bertz CT molecular complexity index is 371. The fraction of sp³-hybridized carbons (Fsp3) is 0.500. The summed E-state index contributed by atoms with van der Waals surface area (Å²) in [6.07, 6.45) is 1.12. The number of benzene rings is 1. The van der Waals surface area contributed by atoms with Gasteiger partial charge in [-0.2, -0.15) is 11.8 Å². The molecular weight excluding hydrogens is 216 g/mol. The molecule has 0 aliphatic carbocycles. The lowest BCUT2D eigenvalue weighted by atomic mass is 10.0. The Balaban J connectivity index is 2.63. The first kappa shape index (κ1) is 13.3. The van der Waals surface area contributed by atoms with E-state index in [1.54, 1.807) is 11.8 Å². The monoisotopic (exact) mass is 236 g/mol. The SMILES string of the molecule is CCC(C)SCC(=O)c1ccc(C)c(C)c1. The van der Waals surface area contributed by atoms with Crippen molar-refractivity contribution in [1.29, 1.82) is 0 Å². The maximum absolute atomic E-state index is 11.9. The van der Waals surface area contributed by atoms with Gasteiger partial charge in [-0.1, -0.05) is 26.0 Å². The molecule has 1 unspecified atom stereocenters. The van der Waals surface area contributed by atoms with E-state index in [-0.39, 0.29) is 5.78 Å². The summed E-state index contributed by atoms with van der Waals surface area (Å²) in [5.41, 5.74) is 3.28. The highest BCUT2D eigenvalue weighted by molar-refractivity contribution is 8.00. The molecule has 0 spiro atoms. The molecule has 0 saturated carbocycles. The molecule has 16 heavy (non-hydrogen) atoms. The lowest BCUT2D eigenvalue weighted by Crippen LogP contribution is -2.06. The Morgan fingerprint density at radius 1 is 1.31 bits per heavy atom. The van der Waals surface area contributed by atoms with Gasteiger partial charge < -0.3 is 0 Å². The van der Waals surface area contributed by atoms with Gasteiger partial charge in [0.05, 0.1) is 5.75 Å². The minimum Gasteiger partial charge on any atom is -0.293 e. The predicted molar refractivity (Wildman–Crippen MR) is 72.5 cm³/mol. The Kier molecular flexibility index (Phi) is 5.07. The third-order valence-corrected chi connectivity index (χ3v) is 4.23. The number of carbonyl (C=O) groups excluding carboxylic acids is 1. The van der Waals surface area contributed by atoms with Crippen LogP contribution in [-0.4, -0.2) is 16.8 Å². The lowest BCUT2D eigenvalue weighted by molar-refractivity contribution is 0.102. The zero-order valence-corrected chi connectivity index (χ0v) is 11.4. The standard InChI is InChI=1S/C14H20OS/c1-5-12(4)16-9-14(15)13-7-6-10(2)11(3)8-13/h6-8,12H,5,9H2,1-4H3. The van der Waals surface area contributed by atoms with E-state index in [1.807, 2.05) is 25.1 Å². The molecule has 1 rings (SSSR count). The van der Waals surface area contributed by atoms with Crippen molar-refractivity contribution in [2.45, 2.75) is 39.4 Å². The molecule has 0 heterocycles. The van der Waals surface area contributed by atoms with Crippen LogP contribution in [0.1, 0.15) is 41.8 Å². The summed E-state index contributed by atoms with van der Waals surface area (Å²) in [6.45, 7) is 8.43. The Hall–Kier alpha value is -0.760. The van der Waals surface area contributed by atoms with E-state index in [0.717, 1.165) is 12.0 Å². The number of ketones is 1. The van der Waals surface area contributed by atoms with Crippen molar-refractivity contribution < 1.29 is 4.79 Å². The summed E-state index contributed by atoms with van der Waals surface area (Å²) < 4.78 is 0. The van der Waals surface area contributed by atoms with Gasteiger partial charge in [0.15, 0.2) is 5.78 Å². The van der Waals surface area contributed by atoms with Crippen LogP contribution in [0.4, 0.5) is 0 Å². The summed E-state index contributed by atoms with van der Waals surface area (Å²) in [4.78, 5) is 11.9. The number of aryl methyl sites for hydroxylation is 2. The summed E-state index contributed by atoms with van der Waals surface area (Å²) >= 11 is 1.74. The molecule has 1 atom stereocenters. The van der Waals surface area contributed by atoms with Crippen molar-refractivity contribution in [2.75, 3.05) is 5.75 Å². The van der Waals surface area contributed by atoms with Crippen LogP contribution in [0.2, 0.25) is 0 Å². The molecule has 1 nitrogen and oxygen atoms in total. The van der Waals surface area contributed by atoms with E-state index in [1.165, 1.54) is 11.1 Å². The molecule has 0 radical (unpaired) electrons. The third-order valence-electron chi connectivity index (χ3n) is 2.90. The van der Waals surface area contributed by atoms with E-state index < -0.39 is 0 Å². The van der Waals surface area contributed by atoms with Crippen LogP contribution in [0.15, 0.2) is 18.2 Å². The number of thioether (sulfide) groups is 1. The van der Waals surface area contributed by atoms with Crippen LogP contribution in [0.25, 0.3) is 0 Å². The molecule has 1 aromatic carbocycles. The third kappa shape index (κ3) is 3.67. The fourth-order valence-corrected chi connectivity index (χ4v) is 2.17. The molecule has 0 amide bonds. The van der Waals surface area contributed by atoms with Crippen molar-refractivity contribution >= 4 is 17.5 Å². The first-order valence-electron chi connectivity index (χ1n) is 5.76. The van der Waals surface area contributed by atoms with Crippen molar-refractivity contribution in [3.05, 3.63) is 34.9 Å². The number of carbonyl (C=O) groups is 1. The zero-order chi connectivity index (χ0) is 12.1. The second kappa shape index (κ2) is 6.09. The quantitative estimate of drug-likeness (QED) is 0.718. The summed E-state index contributed by atoms with van der Waals surface area (Å²) in [7, 11) is 0. The molecule has 1 aromatic rings. The molecule has 0 fully saturated rings. The molecule has 88 valence electrons. The number of rotatable bonds is 5. The number of hydrogen-bond donors (Lipinski definition) is 0. The highest BCUT2D eigenvalue weighted by Crippen LogP contribution is 2.17. The predicted octanol–water partition coefficient (Wildman–Crippen LogP) is 4.02. The van der Waals surface area contributed by atoms with E-state index in [9.17, 15) is 4.79 Å². The van der Waals surface area contributed by atoms with Crippen molar-refractivity contribution in [1.82, 2.24) is 0 Å². The van der Waals surface area contributed by atoms with Crippen LogP contribution < -0.4 is 0 Å². The first-order chi connectivity index (χ1) is 7.54. The van der Waals surface area contributed by atoms with Gasteiger partial charge in [0.1, 0.15) is 0 Å². The second-order valence-electron chi connectivity index (χ2n) is 4.25. The fourth-order valence-electron chi connectivity index (χ4n) is 1.33. The van der Waals surface area contributed by atoms with Gasteiger partial charge in [-0.05, 0) is 37.5 Å². The van der Waals surface area contributed by atoms with Gasteiger partial charge in [-0.3, -0.25) is 4.79 Å². The minimum atomic E-state index is 0.244. The van der Waals surface area contributed by atoms with Crippen LogP contribution in [0.3, 0.4) is 0 Å². The molecule has 0 N–H and O–H groups in total. The Morgan fingerprint density at radius 3 is 2.56 bits per heavy atom. The maximum atomic E-state index is 11.9. The zero-order valence-electron chi connectivity index (χ0n) is 10.5. The van der Waals surface area contributed by atoms with E-state index in [0.29, 0.717) is 11.0 Å². The largest absolute Gasteiger partial charge is 0.293 e. The van der Waals surface area contributed by atoms with Crippen LogP contribution in [-0.2, 0) is 0 Å². The van der Waals surface area contributed by atoms with Crippen molar-refractivity contribution in [2.24, 2.45) is 0 Å². The van der Waals surface area contributed by atoms with E-state index >= 15 is 0 Å². The van der Waals surface area contributed by atoms with Gasteiger partial charge in [-0.15, -0.1) is 0 Å². The van der Waals surface area contributed by atoms with Gasteiger partial charge >= 0.3 is 0 Å². The van der Waals surface area contributed by atoms with Crippen molar-refractivity contribution in [3.8, 4) is 0 Å². The molecule has 0 saturated heterocycles. The summed E-state index contributed by atoms with van der Waals surface area (Å²) in [5.74, 6) is 0.839. The molecule has 0 bridgehead atoms. The molecule has 0 aliphatic heterocycles. The van der Waals surface area contributed by atoms with Crippen molar-refractivity contribution in [3.63, 3.8) is 0 Å². The van der Waals surface area contributed by atoms with Crippen LogP contribution >= 0.6 is 11.8 Å². The molecule has 0 aromatic heterocycles. The molecular formula is C14H20OS. The average molecular weight is 236 g/mol. The summed E-state index contributed by atoms with van der Waals surface area (Å²) in [5, 5.41) is 0.565. The highest BCUT2D eigenvalue weighted by Gasteiger charge is 2.09. The normalized spacial score (nSPS) is 12.5. The van der Waals surface area contributed by atoms with Gasteiger partial charge in [-0.25, -0.2) is 0 Å². The lowest BCUT2D eigenvalue weighted by Gasteiger charge is -2.08. The van der Waals surface area contributed by atoms with Gasteiger partial charge in [0, 0.05) is 10.8 Å².